The van der Waals surface area contributed by atoms with Crippen LogP contribution in [-0.2, 0) is 14.4 Å². The zero-order chi connectivity index (χ0) is 17.7. The van der Waals surface area contributed by atoms with Crippen LogP contribution in [0.1, 0.15) is 30.9 Å². The summed E-state index contributed by atoms with van der Waals surface area (Å²) in [6.45, 7) is 0. The molecule has 4 aliphatic rings. The van der Waals surface area contributed by atoms with E-state index >= 15 is 0 Å². The average Bonchev–Trinajstić information content (AvgIpc) is 2.88. The summed E-state index contributed by atoms with van der Waals surface area (Å²) in [6, 6.07) is 6.39. The lowest BCUT2D eigenvalue weighted by Gasteiger charge is -2.38. The van der Waals surface area contributed by atoms with Gasteiger partial charge in [-0.1, -0.05) is 40.2 Å². The van der Waals surface area contributed by atoms with Crippen molar-refractivity contribution < 1.29 is 19.5 Å². The summed E-state index contributed by atoms with van der Waals surface area (Å²) in [6.07, 6.45) is 5.71. The maximum absolute atomic E-state index is 13.1. The Bertz CT molecular complexity index is 740. The molecule has 5 nitrogen and oxygen atoms in total. The van der Waals surface area contributed by atoms with Gasteiger partial charge in [-0.25, -0.2) is 0 Å². The average molecular weight is 404 g/mol. The molecule has 25 heavy (non-hydrogen) atoms. The molecule has 3 aliphatic carbocycles. The fourth-order valence-electron chi connectivity index (χ4n) is 4.61. The first kappa shape index (κ1) is 16.5. The van der Waals surface area contributed by atoms with Crippen molar-refractivity contribution in [2.24, 2.45) is 23.7 Å². The predicted molar refractivity (Wildman–Crippen MR) is 93.3 cm³/mol. The van der Waals surface area contributed by atoms with Gasteiger partial charge in [0.05, 0.1) is 24.3 Å². The maximum atomic E-state index is 13.1. The summed E-state index contributed by atoms with van der Waals surface area (Å²) < 4.78 is 0.861. The van der Waals surface area contributed by atoms with Crippen molar-refractivity contribution in [1.82, 2.24) is 4.90 Å². The predicted octanol–water partition coefficient (Wildman–Crippen LogP) is 3.16. The van der Waals surface area contributed by atoms with Gasteiger partial charge in [0.2, 0.25) is 11.8 Å². The number of carboxylic acid groups (broad SMARTS) is 1. The number of fused-ring (bicyclic) bond motifs is 1. The van der Waals surface area contributed by atoms with Gasteiger partial charge in [0.25, 0.3) is 0 Å². The van der Waals surface area contributed by atoms with Crippen LogP contribution in [-0.4, -0.2) is 27.8 Å². The first-order valence-corrected chi connectivity index (χ1v) is 9.29. The van der Waals surface area contributed by atoms with Gasteiger partial charge in [-0.2, -0.15) is 0 Å². The Morgan fingerprint density at radius 1 is 1.08 bits per heavy atom. The van der Waals surface area contributed by atoms with E-state index in [0.717, 1.165) is 17.3 Å². The summed E-state index contributed by atoms with van der Waals surface area (Å²) in [5.41, 5.74) is 0.672. The molecule has 130 valence electrons. The smallest absolute Gasteiger partial charge is 0.305 e. The van der Waals surface area contributed by atoms with E-state index in [1.165, 1.54) is 4.90 Å². The molecule has 1 aromatic carbocycles. The second-order valence-electron chi connectivity index (χ2n) is 7.05. The number of carbonyl (C=O) groups excluding carboxylic acids is 2. The molecule has 1 aliphatic heterocycles. The highest BCUT2D eigenvalue weighted by Gasteiger charge is 2.58. The van der Waals surface area contributed by atoms with Gasteiger partial charge in [0.15, 0.2) is 0 Å². The highest BCUT2D eigenvalue weighted by Crippen LogP contribution is 2.51. The van der Waals surface area contributed by atoms with Crippen molar-refractivity contribution in [2.45, 2.75) is 25.3 Å². The lowest BCUT2D eigenvalue weighted by atomic mass is 9.63. The molecule has 2 bridgehead atoms. The number of likely N-dealkylation sites (tertiary alicyclic amines) is 1. The third-order valence-corrected chi connectivity index (χ3v) is 6.26. The van der Waals surface area contributed by atoms with Crippen LogP contribution in [0, 0.1) is 23.7 Å². The van der Waals surface area contributed by atoms with Crippen LogP contribution in [0.3, 0.4) is 0 Å². The molecule has 0 radical (unpaired) electrons. The number of carboxylic acids is 1. The highest BCUT2D eigenvalue weighted by molar-refractivity contribution is 9.10. The molecular weight excluding hydrogens is 386 g/mol. The Morgan fingerprint density at radius 2 is 1.60 bits per heavy atom. The van der Waals surface area contributed by atoms with Crippen molar-refractivity contribution >= 4 is 33.7 Å². The van der Waals surface area contributed by atoms with E-state index in [2.05, 4.69) is 28.1 Å². The van der Waals surface area contributed by atoms with E-state index < -0.39 is 12.0 Å². The molecule has 5 atom stereocenters. The van der Waals surface area contributed by atoms with E-state index in [0.29, 0.717) is 5.56 Å². The molecule has 2 amide bonds. The van der Waals surface area contributed by atoms with Crippen molar-refractivity contribution in [1.29, 1.82) is 0 Å². The molecule has 2 fully saturated rings. The van der Waals surface area contributed by atoms with Crippen LogP contribution < -0.4 is 0 Å². The number of carbonyl (C=O) groups is 3. The Morgan fingerprint density at radius 3 is 2.04 bits per heavy atom. The number of amides is 2. The first-order valence-electron chi connectivity index (χ1n) is 8.50. The Hall–Kier alpha value is -1.95. The molecule has 5 rings (SSSR count). The van der Waals surface area contributed by atoms with E-state index in [-0.39, 0.29) is 41.9 Å². The monoisotopic (exact) mass is 403 g/mol. The standard InChI is InChI=1S/C19H18BrNO4/c20-13-7-5-10(6-8-13)14(9-15(22)23)21-18(24)16-11-1-2-12(4-3-11)17(16)19(21)25/h1-2,5-8,11-12,14,16-17H,3-4,9H2,(H,22,23). The maximum Gasteiger partial charge on any atom is 0.305 e. The van der Waals surface area contributed by atoms with Crippen LogP contribution in [0.5, 0.6) is 0 Å². The zero-order valence-electron chi connectivity index (χ0n) is 13.5. The SMILES string of the molecule is O=C(O)CC(c1ccc(Br)cc1)N1C(=O)C2C3C=CC(CC3)C2C1=O. The number of nitrogens with zero attached hydrogens (tertiary/aromatic N) is 1. The van der Waals surface area contributed by atoms with Gasteiger partial charge in [-0.3, -0.25) is 19.3 Å². The number of benzene rings is 1. The van der Waals surface area contributed by atoms with Crippen LogP contribution >= 0.6 is 15.9 Å². The number of halogens is 1. The molecule has 1 saturated carbocycles. The minimum Gasteiger partial charge on any atom is -0.481 e. The van der Waals surface area contributed by atoms with Crippen LogP contribution in [0.25, 0.3) is 0 Å². The van der Waals surface area contributed by atoms with Crippen LogP contribution in [0.4, 0.5) is 0 Å². The van der Waals surface area contributed by atoms with Crippen molar-refractivity contribution in [2.75, 3.05) is 0 Å². The summed E-state index contributed by atoms with van der Waals surface area (Å²) in [7, 11) is 0. The van der Waals surface area contributed by atoms with Gasteiger partial charge in [0.1, 0.15) is 0 Å². The second kappa shape index (κ2) is 6.09. The van der Waals surface area contributed by atoms with E-state index in [4.69, 9.17) is 0 Å². The van der Waals surface area contributed by atoms with Gasteiger partial charge in [-0.05, 0) is 42.4 Å². The molecule has 0 spiro atoms. The van der Waals surface area contributed by atoms with Gasteiger partial charge < -0.3 is 5.11 Å². The minimum atomic E-state index is -1.02. The Balaban J connectivity index is 1.72. The summed E-state index contributed by atoms with van der Waals surface area (Å²) in [5, 5.41) is 9.34. The summed E-state index contributed by atoms with van der Waals surface area (Å²) >= 11 is 3.35. The lowest BCUT2D eigenvalue weighted by Crippen LogP contribution is -2.38. The summed E-state index contributed by atoms with van der Waals surface area (Å²) in [5.74, 6) is -1.86. The third-order valence-electron chi connectivity index (χ3n) is 5.73. The zero-order valence-corrected chi connectivity index (χ0v) is 15.1. The number of aliphatic carboxylic acids is 1. The number of hydrogen-bond acceptors (Lipinski definition) is 3. The molecule has 1 aromatic rings. The molecular formula is C19H18BrNO4. The van der Waals surface area contributed by atoms with Gasteiger partial charge in [-0.15, -0.1) is 0 Å². The Kier molecular flexibility index (Phi) is 4.02. The van der Waals surface area contributed by atoms with Crippen molar-refractivity contribution in [3.63, 3.8) is 0 Å². The Labute approximate surface area is 153 Å². The lowest BCUT2D eigenvalue weighted by molar-refractivity contribution is -0.146. The quantitative estimate of drug-likeness (QED) is 0.618. The fraction of sp³-hybridized carbons (Fsp3) is 0.421. The largest absolute Gasteiger partial charge is 0.481 e. The van der Waals surface area contributed by atoms with E-state index in [9.17, 15) is 19.5 Å². The normalized spacial score (nSPS) is 31.3. The molecule has 1 saturated heterocycles. The molecule has 1 heterocycles. The number of imide groups is 1. The van der Waals surface area contributed by atoms with Crippen molar-refractivity contribution in [3.8, 4) is 0 Å². The van der Waals surface area contributed by atoms with Crippen LogP contribution in [0.2, 0.25) is 0 Å². The molecule has 1 N–H and O–H groups in total. The van der Waals surface area contributed by atoms with Crippen LogP contribution in [0.15, 0.2) is 40.9 Å². The third kappa shape index (κ3) is 2.63. The second-order valence-corrected chi connectivity index (χ2v) is 7.97. The highest BCUT2D eigenvalue weighted by atomic mass is 79.9. The molecule has 6 heteroatoms. The molecule has 5 unspecified atom stereocenters. The topological polar surface area (TPSA) is 74.7 Å². The number of hydrogen-bond donors (Lipinski definition) is 1. The van der Waals surface area contributed by atoms with Crippen molar-refractivity contribution in [3.05, 3.63) is 46.5 Å². The first-order chi connectivity index (χ1) is 12.0. The fourth-order valence-corrected chi connectivity index (χ4v) is 4.88. The summed E-state index contributed by atoms with van der Waals surface area (Å²) in [4.78, 5) is 38.8. The van der Waals surface area contributed by atoms with Gasteiger partial charge in [0, 0.05) is 4.47 Å². The van der Waals surface area contributed by atoms with Gasteiger partial charge >= 0.3 is 5.97 Å². The molecule has 0 aromatic heterocycles. The number of allylic oxidation sites excluding steroid dienone is 2. The van der Waals surface area contributed by atoms with E-state index in [1.807, 2.05) is 0 Å². The number of rotatable bonds is 4. The minimum absolute atomic E-state index is 0.104. The van der Waals surface area contributed by atoms with E-state index in [1.54, 1.807) is 24.3 Å².